The van der Waals surface area contributed by atoms with Gasteiger partial charge in [-0.2, -0.15) is 0 Å². The van der Waals surface area contributed by atoms with Crippen molar-refractivity contribution >= 4 is 0 Å². The zero-order valence-corrected chi connectivity index (χ0v) is 10.8. The third kappa shape index (κ3) is 2.63. The van der Waals surface area contributed by atoms with Gasteiger partial charge in [0.05, 0.1) is 0 Å². The van der Waals surface area contributed by atoms with E-state index in [0.29, 0.717) is 12.3 Å². The molecule has 1 aliphatic carbocycles. The topological polar surface area (TPSA) is 52.5 Å². The van der Waals surface area contributed by atoms with Gasteiger partial charge in [0, 0.05) is 18.9 Å². The van der Waals surface area contributed by atoms with E-state index in [1.807, 2.05) is 12.1 Å². The molecule has 0 fully saturated rings. The van der Waals surface area contributed by atoms with Crippen molar-refractivity contribution < 1.29 is 10.2 Å². The van der Waals surface area contributed by atoms with Crippen LogP contribution >= 0.6 is 0 Å². The molecule has 0 bridgehead atoms. The lowest BCUT2D eigenvalue weighted by molar-refractivity contribution is -0.117. The summed E-state index contributed by atoms with van der Waals surface area (Å²) in [7, 11) is 0. The molecule has 100 valence electrons. The molecule has 0 spiro atoms. The minimum atomic E-state index is -1.68. The highest BCUT2D eigenvalue weighted by Gasteiger charge is 2.30. The summed E-state index contributed by atoms with van der Waals surface area (Å²) in [4.78, 5) is 0. The molecule has 2 aliphatic rings. The van der Waals surface area contributed by atoms with Crippen LogP contribution in [0.15, 0.2) is 53.6 Å². The molecule has 0 aromatic heterocycles. The largest absolute Gasteiger partial charge is 0.362 e. The zero-order valence-electron chi connectivity index (χ0n) is 10.8. The predicted molar refractivity (Wildman–Crippen MR) is 74.6 cm³/mol. The number of aliphatic hydroxyl groups is 2. The highest BCUT2D eigenvalue weighted by Crippen LogP contribution is 2.36. The van der Waals surface area contributed by atoms with Crippen molar-refractivity contribution in [1.29, 1.82) is 0 Å². The summed E-state index contributed by atoms with van der Waals surface area (Å²) in [6.07, 6.45) is 4.60. The molecule has 1 heterocycles. The van der Waals surface area contributed by atoms with Crippen molar-refractivity contribution in [3.8, 4) is 0 Å². The van der Waals surface area contributed by atoms with Crippen molar-refractivity contribution in [2.45, 2.75) is 24.5 Å². The van der Waals surface area contributed by atoms with Crippen LogP contribution in [-0.4, -0.2) is 29.1 Å². The highest BCUT2D eigenvalue weighted by molar-refractivity contribution is 5.43. The van der Waals surface area contributed by atoms with Crippen LogP contribution in [-0.2, 0) is 0 Å². The molecule has 1 aliphatic heterocycles. The number of benzene rings is 1. The van der Waals surface area contributed by atoms with Gasteiger partial charge in [-0.05, 0) is 30.2 Å². The van der Waals surface area contributed by atoms with Crippen molar-refractivity contribution in [2.75, 3.05) is 13.1 Å². The third-order valence-corrected chi connectivity index (χ3v) is 3.94. The molecule has 3 rings (SSSR count). The van der Waals surface area contributed by atoms with Gasteiger partial charge in [-0.25, -0.2) is 0 Å². The van der Waals surface area contributed by atoms with Gasteiger partial charge in [0.1, 0.15) is 0 Å². The Morgan fingerprint density at radius 2 is 1.95 bits per heavy atom. The number of hydrogen-bond donors (Lipinski definition) is 3. The van der Waals surface area contributed by atoms with Crippen molar-refractivity contribution in [3.05, 3.63) is 59.2 Å². The molecule has 3 heteroatoms. The van der Waals surface area contributed by atoms with Gasteiger partial charge in [0.25, 0.3) is 0 Å². The molecule has 1 unspecified atom stereocenters. The lowest BCUT2D eigenvalue weighted by Crippen LogP contribution is -2.29. The first-order chi connectivity index (χ1) is 9.16. The minimum Gasteiger partial charge on any atom is -0.362 e. The number of hydrogen-bond acceptors (Lipinski definition) is 3. The second-order valence-corrected chi connectivity index (χ2v) is 5.36. The minimum absolute atomic E-state index is 0.297. The summed E-state index contributed by atoms with van der Waals surface area (Å²) in [6, 6.07) is 10.4. The zero-order chi connectivity index (χ0) is 13.3. The van der Waals surface area contributed by atoms with Crippen LogP contribution in [0, 0.1) is 0 Å². The van der Waals surface area contributed by atoms with Crippen LogP contribution in [0.2, 0.25) is 0 Å². The molecule has 0 saturated carbocycles. The SMILES string of the molecule is OC1(O)C=CC2=C(CCNCC2c2ccccc2)C1. The Kier molecular flexibility index (Phi) is 3.27. The quantitative estimate of drug-likeness (QED) is 0.671. The fourth-order valence-electron chi connectivity index (χ4n) is 2.99. The summed E-state index contributed by atoms with van der Waals surface area (Å²) in [6.45, 7) is 1.79. The molecular weight excluding hydrogens is 238 g/mol. The van der Waals surface area contributed by atoms with Gasteiger partial charge in [-0.3, -0.25) is 0 Å². The normalized spacial score (nSPS) is 25.9. The van der Waals surface area contributed by atoms with Gasteiger partial charge in [-0.15, -0.1) is 0 Å². The molecule has 1 aromatic rings. The van der Waals surface area contributed by atoms with Gasteiger partial charge < -0.3 is 15.5 Å². The van der Waals surface area contributed by atoms with Crippen LogP contribution in [0.1, 0.15) is 24.3 Å². The predicted octanol–water partition coefficient (Wildman–Crippen LogP) is 1.70. The van der Waals surface area contributed by atoms with Crippen LogP contribution < -0.4 is 5.32 Å². The Balaban J connectivity index is 1.99. The monoisotopic (exact) mass is 257 g/mol. The summed E-state index contributed by atoms with van der Waals surface area (Å²) in [5, 5.41) is 23.0. The van der Waals surface area contributed by atoms with Crippen LogP contribution in [0.3, 0.4) is 0 Å². The molecule has 0 radical (unpaired) electrons. The first kappa shape index (κ1) is 12.6. The Labute approximate surface area is 113 Å². The summed E-state index contributed by atoms with van der Waals surface area (Å²) in [5.74, 6) is -1.38. The van der Waals surface area contributed by atoms with Crippen LogP contribution in [0.5, 0.6) is 0 Å². The summed E-state index contributed by atoms with van der Waals surface area (Å²) >= 11 is 0. The van der Waals surface area contributed by atoms with E-state index >= 15 is 0 Å². The first-order valence-electron chi connectivity index (χ1n) is 6.77. The summed E-state index contributed by atoms with van der Waals surface area (Å²) < 4.78 is 0. The van der Waals surface area contributed by atoms with E-state index in [0.717, 1.165) is 25.1 Å². The molecular formula is C16H19NO2. The molecule has 1 atom stereocenters. The second kappa shape index (κ2) is 4.93. The van der Waals surface area contributed by atoms with Gasteiger partial charge in [-0.1, -0.05) is 42.0 Å². The molecule has 19 heavy (non-hydrogen) atoms. The molecule has 3 nitrogen and oxygen atoms in total. The lowest BCUT2D eigenvalue weighted by Gasteiger charge is -2.28. The summed E-state index contributed by atoms with van der Waals surface area (Å²) in [5.41, 5.74) is 3.68. The number of nitrogens with one attached hydrogen (secondary N) is 1. The molecule has 0 saturated heterocycles. The van der Waals surface area contributed by atoms with E-state index in [1.165, 1.54) is 17.2 Å². The Morgan fingerprint density at radius 1 is 1.16 bits per heavy atom. The Bertz CT molecular complexity index is 517. The first-order valence-corrected chi connectivity index (χ1v) is 6.77. The number of allylic oxidation sites excluding steroid dienone is 1. The van der Waals surface area contributed by atoms with E-state index in [-0.39, 0.29) is 0 Å². The van der Waals surface area contributed by atoms with Crippen LogP contribution in [0.4, 0.5) is 0 Å². The maximum atomic E-state index is 9.78. The van der Waals surface area contributed by atoms with Crippen molar-refractivity contribution in [2.24, 2.45) is 0 Å². The van der Waals surface area contributed by atoms with E-state index < -0.39 is 5.79 Å². The fraction of sp³-hybridized carbons (Fsp3) is 0.375. The third-order valence-electron chi connectivity index (χ3n) is 3.94. The Hall–Kier alpha value is -1.42. The average Bonchev–Trinajstić information content (AvgIpc) is 2.60. The van der Waals surface area contributed by atoms with Crippen LogP contribution in [0.25, 0.3) is 0 Å². The molecule has 3 N–H and O–H groups in total. The standard InChI is InChI=1S/C16H19NO2/c18-16(19)8-6-14-13(10-16)7-9-17-11-15(14)12-4-2-1-3-5-12/h1-6,8,15,17-19H,7,9-11H2. The van der Waals surface area contributed by atoms with E-state index in [9.17, 15) is 10.2 Å². The van der Waals surface area contributed by atoms with Gasteiger partial charge in [0.2, 0.25) is 0 Å². The maximum Gasteiger partial charge on any atom is 0.186 e. The lowest BCUT2D eigenvalue weighted by atomic mass is 9.82. The smallest absolute Gasteiger partial charge is 0.186 e. The van der Waals surface area contributed by atoms with E-state index in [2.05, 4.69) is 29.6 Å². The fourth-order valence-corrected chi connectivity index (χ4v) is 2.99. The Morgan fingerprint density at radius 3 is 2.74 bits per heavy atom. The number of rotatable bonds is 1. The van der Waals surface area contributed by atoms with Crippen molar-refractivity contribution in [1.82, 2.24) is 5.32 Å². The van der Waals surface area contributed by atoms with Crippen molar-refractivity contribution in [3.63, 3.8) is 0 Å². The van der Waals surface area contributed by atoms with E-state index in [1.54, 1.807) is 0 Å². The van der Waals surface area contributed by atoms with E-state index in [4.69, 9.17) is 0 Å². The second-order valence-electron chi connectivity index (χ2n) is 5.36. The average molecular weight is 257 g/mol. The molecule has 1 aromatic carbocycles. The maximum absolute atomic E-state index is 9.78. The molecule has 0 amide bonds. The van der Waals surface area contributed by atoms with Gasteiger partial charge in [0.15, 0.2) is 5.79 Å². The van der Waals surface area contributed by atoms with Gasteiger partial charge >= 0.3 is 0 Å². The highest BCUT2D eigenvalue weighted by atomic mass is 16.5.